The molecule has 1 aliphatic rings. The standard InChI is InChI=1S/C21H23N3O7/c1-13(25)7-8-19(27)30-12-16-15(26)11-18(31-16)24-10-9-17(23-21(24)29)22-20(28)14-5-3-2-4-6-14/h2-6,9-10,15-16,18,26H,7-8,11-12H2,1H3,(H,22,23,28,29)/t15-,16-,18-/m1/s1. The van der Waals surface area contributed by atoms with Crippen molar-refractivity contribution in [3.05, 3.63) is 58.6 Å². The van der Waals surface area contributed by atoms with Crippen LogP contribution < -0.4 is 11.0 Å². The molecule has 1 amide bonds. The Hall–Kier alpha value is -3.37. The van der Waals surface area contributed by atoms with Gasteiger partial charge >= 0.3 is 11.7 Å². The second kappa shape index (κ2) is 10.1. The topological polar surface area (TPSA) is 137 Å². The van der Waals surface area contributed by atoms with E-state index < -0.39 is 36.0 Å². The molecule has 0 radical (unpaired) electrons. The first-order valence-corrected chi connectivity index (χ1v) is 9.77. The third-order valence-corrected chi connectivity index (χ3v) is 4.71. The number of aliphatic hydroxyl groups is 1. The lowest BCUT2D eigenvalue weighted by Gasteiger charge is -2.16. The number of amides is 1. The lowest BCUT2D eigenvalue weighted by atomic mass is 10.2. The van der Waals surface area contributed by atoms with E-state index in [1.165, 1.54) is 23.8 Å². The molecule has 1 aliphatic heterocycles. The molecule has 10 heteroatoms. The fourth-order valence-corrected chi connectivity index (χ4v) is 3.04. The molecule has 0 unspecified atom stereocenters. The summed E-state index contributed by atoms with van der Waals surface area (Å²) in [5.74, 6) is -0.995. The number of nitrogens with one attached hydrogen (secondary N) is 1. The summed E-state index contributed by atoms with van der Waals surface area (Å²) in [7, 11) is 0. The van der Waals surface area contributed by atoms with Crippen molar-refractivity contribution in [1.82, 2.24) is 9.55 Å². The van der Waals surface area contributed by atoms with Crippen LogP contribution in [0.3, 0.4) is 0 Å². The van der Waals surface area contributed by atoms with Gasteiger partial charge in [-0.05, 0) is 25.1 Å². The summed E-state index contributed by atoms with van der Waals surface area (Å²) in [5, 5.41) is 12.7. The normalized spacial score (nSPS) is 20.3. The number of nitrogens with zero attached hydrogens (tertiary/aromatic N) is 2. The van der Waals surface area contributed by atoms with Crippen molar-refractivity contribution in [2.24, 2.45) is 0 Å². The van der Waals surface area contributed by atoms with Crippen LogP contribution in [0.2, 0.25) is 0 Å². The number of aromatic nitrogens is 2. The molecular formula is C21H23N3O7. The summed E-state index contributed by atoms with van der Waals surface area (Å²) in [6.45, 7) is 1.19. The van der Waals surface area contributed by atoms with E-state index in [4.69, 9.17) is 9.47 Å². The Morgan fingerprint density at radius 2 is 1.97 bits per heavy atom. The van der Waals surface area contributed by atoms with Gasteiger partial charge in [0.2, 0.25) is 0 Å². The number of rotatable bonds is 8. The predicted octanol–water partition coefficient (Wildman–Crippen LogP) is 1.06. The number of carbonyl (C=O) groups is 3. The van der Waals surface area contributed by atoms with Crippen molar-refractivity contribution in [2.45, 2.75) is 44.6 Å². The molecule has 3 atom stereocenters. The lowest BCUT2D eigenvalue weighted by Crippen LogP contribution is -2.29. The fraction of sp³-hybridized carbons (Fsp3) is 0.381. The average molecular weight is 429 g/mol. The van der Waals surface area contributed by atoms with Gasteiger partial charge in [0.25, 0.3) is 5.91 Å². The SMILES string of the molecule is CC(=O)CCC(=O)OC[C@H]1O[C@@H](n2ccc(NC(=O)c3ccccc3)nc2=O)C[C@H]1O. The molecular weight excluding hydrogens is 406 g/mol. The number of Topliss-reactive ketones (excluding diaryl/α,β-unsaturated/α-hetero) is 1. The van der Waals surface area contributed by atoms with Gasteiger partial charge in [0, 0.05) is 24.6 Å². The smallest absolute Gasteiger partial charge is 0.351 e. The van der Waals surface area contributed by atoms with Crippen LogP contribution in [-0.2, 0) is 19.1 Å². The Kier molecular flexibility index (Phi) is 7.27. The molecule has 0 aliphatic carbocycles. The van der Waals surface area contributed by atoms with Crippen LogP contribution in [0.25, 0.3) is 0 Å². The average Bonchev–Trinajstić information content (AvgIpc) is 3.11. The summed E-state index contributed by atoms with van der Waals surface area (Å²) in [4.78, 5) is 51.0. The van der Waals surface area contributed by atoms with Crippen LogP contribution in [0.4, 0.5) is 5.82 Å². The van der Waals surface area contributed by atoms with Crippen LogP contribution >= 0.6 is 0 Å². The van der Waals surface area contributed by atoms with Gasteiger partial charge in [0.05, 0.1) is 12.5 Å². The van der Waals surface area contributed by atoms with Crippen LogP contribution in [0.15, 0.2) is 47.4 Å². The molecule has 10 nitrogen and oxygen atoms in total. The van der Waals surface area contributed by atoms with Crippen LogP contribution in [0.1, 0.15) is 42.8 Å². The molecule has 0 spiro atoms. The highest BCUT2D eigenvalue weighted by molar-refractivity contribution is 6.03. The number of esters is 1. The maximum absolute atomic E-state index is 12.4. The Bertz CT molecular complexity index is 1010. The number of anilines is 1. The molecule has 1 saturated heterocycles. The van der Waals surface area contributed by atoms with Gasteiger partial charge < -0.3 is 24.7 Å². The van der Waals surface area contributed by atoms with E-state index in [0.29, 0.717) is 5.56 Å². The van der Waals surface area contributed by atoms with Gasteiger partial charge in [0.1, 0.15) is 30.5 Å². The molecule has 1 aromatic heterocycles. The monoisotopic (exact) mass is 429 g/mol. The van der Waals surface area contributed by atoms with Gasteiger partial charge in [-0.3, -0.25) is 14.2 Å². The van der Waals surface area contributed by atoms with E-state index in [9.17, 15) is 24.3 Å². The Morgan fingerprint density at radius 1 is 1.23 bits per heavy atom. The first-order valence-electron chi connectivity index (χ1n) is 9.77. The van der Waals surface area contributed by atoms with E-state index in [2.05, 4.69) is 10.3 Å². The number of aliphatic hydroxyl groups excluding tert-OH is 1. The van der Waals surface area contributed by atoms with Crippen molar-refractivity contribution in [2.75, 3.05) is 11.9 Å². The maximum Gasteiger partial charge on any atom is 0.351 e. The van der Waals surface area contributed by atoms with E-state index in [0.717, 1.165) is 0 Å². The second-order valence-electron chi connectivity index (χ2n) is 7.14. The highest BCUT2D eigenvalue weighted by atomic mass is 16.6. The van der Waals surface area contributed by atoms with Crippen LogP contribution in [0.5, 0.6) is 0 Å². The van der Waals surface area contributed by atoms with Gasteiger partial charge in [-0.1, -0.05) is 18.2 Å². The summed E-state index contributed by atoms with van der Waals surface area (Å²) >= 11 is 0. The van der Waals surface area contributed by atoms with Gasteiger partial charge in [-0.25, -0.2) is 4.79 Å². The van der Waals surface area contributed by atoms with E-state index in [-0.39, 0.29) is 37.5 Å². The fourth-order valence-electron chi connectivity index (χ4n) is 3.04. The van der Waals surface area contributed by atoms with Crippen molar-refractivity contribution < 1.29 is 29.0 Å². The maximum atomic E-state index is 12.4. The number of ketones is 1. The van der Waals surface area contributed by atoms with E-state index in [1.54, 1.807) is 30.3 Å². The molecule has 1 fully saturated rings. The zero-order chi connectivity index (χ0) is 22.4. The minimum absolute atomic E-state index is 0.0406. The third-order valence-electron chi connectivity index (χ3n) is 4.71. The third kappa shape index (κ3) is 6.06. The molecule has 2 aromatic rings. The first-order chi connectivity index (χ1) is 14.8. The Morgan fingerprint density at radius 3 is 2.65 bits per heavy atom. The number of carbonyl (C=O) groups excluding carboxylic acids is 3. The summed E-state index contributed by atoms with van der Waals surface area (Å²) in [6, 6.07) is 9.95. The predicted molar refractivity (Wildman–Crippen MR) is 108 cm³/mol. The van der Waals surface area contributed by atoms with Crippen molar-refractivity contribution >= 4 is 23.5 Å². The molecule has 2 heterocycles. The Balaban J connectivity index is 1.58. The molecule has 0 saturated carbocycles. The molecule has 1 aromatic carbocycles. The van der Waals surface area contributed by atoms with Crippen molar-refractivity contribution in [3.63, 3.8) is 0 Å². The van der Waals surface area contributed by atoms with Crippen LogP contribution in [-0.4, -0.2) is 51.1 Å². The molecule has 0 bridgehead atoms. The number of hydrogen-bond acceptors (Lipinski definition) is 8. The number of hydrogen-bond donors (Lipinski definition) is 2. The summed E-state index contributed by atoms with van der Waals surface area (Å²) < 4.78 is 11.9. The molecule has 31 heavy (non-hydrogen) atoms. The molecule has 3 rings (SSSR count). The van der Waals surface area contributed by atoms with Crippen molar-refractivity contribution in [1.29, 1.82) is 0 Å². The van der Waals surface area contributed by atoms with E-state index >= 15 is 0 Å². The number of benzene rings is 1. The van der Waals surface area contributed by atoms with Gasteiger partial charge in [-0.15, -0.1) is 0 Å². The Labute approximate surface area is 177 Å². The highest BCUT2D eigenvalue weighted by Crippen LogP contribution is 2.28. The quantitative estimate of drug-likeness (QED) is 0.594. The van der Waals surface area contributed by atoms with Gasteiger partial charge in [0.15, 0.2) is 0 Å². The largest absolute Gasteiger partial charge is 0.463 e. The highest BCUT2D eigenvalue weighted by Gasteiger charge is 2.36. The lowest BCUT2D eigenvalue weighted by molar-refractivity contribution is -0.151. The second-order valence-corrected chi connectivity index (χ2v) is 7.14. The van der Waals surface area contributed by atoms with Gasteiger partial charge in [-0.2, -0.15) is 4.98 Å². The molecule has 164 valence electrons. The zero-order valence-corrected chi connectivity index (χ0v) is 16.9. The minimum atomic E-state index is -0.949. The summed E-state index contributed by atoms with van der Waals surface area (Å²) in [6.07, 6.45) is -0.993. The van der Waals surface area contributed by atoms with Crippen molar-refractivity contribution in [3.8, 4) is 0 Å². The van der Waals surface area contributed by atoms with E-state index in [1.807, 2.05) is 0 Å². The molecule has 2 N–H and O–H groups in total. The summed E-state index contributed by atoms with van der Waals surface area (Å²) in [5.41, 5.74) is -0.237. The first kappa shape index (κ1) is 22.3. The minimum Gasteiger partial charge on any atom is -0.463 e. The van der Waals surface area contributed by atoms with Crippen LogP contribution in [0, 0.1) is 0 Å². The zero-order valence-electron chi connectivity index (χ0n) is 16.9. The number of ether oxygens (including phenoxy) is 2.